The lowest BCUT2D eigenvalue weighted by Gasteiger charge is -2.30. The van der Waals surface area contributed by atoms with E-state index in [1.54, 1.807) is 42.5 Å². The van der Waals surface area contributed by atoms with E-state index in [0.717, 1.165) is 12.0 Å². The maximum Gasteiger partial charge on any atom is 0.261 e. The van der Waals surface area contributed by atoms with Crippen molar-refractivity contribution in [1.29, 1.82) is 0 Å². The molecule has 30 heavy (non-hydrogen) atoms. The van der Waals surface area contributed by atoms with Crippen molar-refractivity contribution in [3.63, 3.8) is 0 Å². The second-order valence-electron chi connectivity index (χ2n) is 6.70. The lowest BCUT2D eigenvalue weighted by atomic mass is 10.1. The molecule has 2 aromatic rings. The number of hydrogen-bond donors (Lipinski definition) is 1. The van der Waals surface area contributed by atoms with Gasteiger partial charge in [0.2, 0.25) is 5.91 Å². The molecule has 162 valence electrons. The number of carbonyl (C=O) groups excluding carboxylic acids is 2. The van der Waals surface area contributed by atoms with E-state index in [1.165, 1.54) is 4.90 Å². The molecule has 8 heteroatoms. The average Bonchev–Trinajstić information content (AvgIpc) is 2.73. The first-order valence-corrected chi connectivity index (χ1v) is 10.9. The highest BCUT2D eigenvalue weighted by atomic mass is 35.5. The molecule has 0 aliphatic carbocycles. The van der Waals surface area contributed by atoms with Gasteiger partial charge in [0, 0.05) is 13.1 Å². The number of nitrogens with zero attached hydrogens (tertiary/aromatic N) is 1. The third kappa shape index (κ3) is 6.79. The molecule has 0 bridgehead atoms. The van der Waals surface area contributed by atoms with Crippen LogP contribution in [0.1, 0.15) is 32.3 Å². The molecule has 2 aromatic carbocycles. The predicted octanol–water partition coefficient (Wildman–Crippen LogP) is 5.36. The Hall–Kier alpha value is -1.95. The fraction of sp³-hybridized carbons (Fsp3) is 0.364. The summed E-state index contributed by atoms with van der Waals surface area (Å²) in [6.07, 6.45) is 1.26. The molecule has 0 aromatic heterocycles. The van der Waals surface area contributed by atoms with Crippen molar-refractivity contribution in [2.75, 3.05) is 13.2 Å². The molecular weight excluding hydrogens is 447 g/mol. The van der Waals surface area contributed by atoms with Gasteiger partial charge in [-0.2, -0.15) is 0 Å². The van der Waals surface area contributed by atoms with Crippen molar-refractivity contribution in [3.8, 4) is 5.75 Å². The maximum absolute atomic E-state index is 13.1. The molecule has 1 unspecified atom stereocenters. The quantitative estimate of drug-likeness (QED) is 0.507. The van der Waals surface area contributed by atoms with Gasteiger partial charge in [0.1, 0.15) is 11.8 Å². The summed E-state index contributed by atoms with van der Waals surface area (Å²) in [7, 11) is 0. The molecule has 1 N–H and O–H groups in total. The van der Waals surface area contributed by atoms with Crippen molar-refractivity contribution in [1.82, 2.24) is 10.2 Å². The number of hydrogen-bond acceptors (Lipinski definition) is 3. The van der Waals surface area contributed by atoms with Crippen LogP contribution in [-0.4, -0.2) is 35.9 Å². The van der Waals surface area contributed by atoms with Crippen LogP contribution in [0.25, 0.3) is 0 Å². The van der Waals surface area contributed by atoms with Gasteiger partial charge in [0.25, 0.3) is 5.91 Å². The highest BCUT2D eigenvalue weighted by Gasteiger charge is 2.29. The zero-order chi connectivity index (χ0) is 22.1. The lowest BCUT2D eigenvalue weighted by molar-refractivity contribution is -0.143. The van der Waals surface area contributed by atoms with Crippen LogP contribution in [0.3, 0.4) is 0 Å². The van der Waals surface area contributed by atoms with Crippen molar-refractivity contribution in [2.45, 2.75) is 39.3 Å². The van der Waals surface area contributed by atoms with E-state index in [0.29, 0.717) is 33.8 Å². The highest BCUT2D eigenvalue weighted by molar-refractivity contribution is 6.42. The summed E-state index contributed by atoms with van der Waals surface area (Å²) < 4.78 is 5.61. The van der Waals surface area contributed by atoms with E-state index < -0.39 is 6.04 Å². The third-order valence-electron chi connectivity index (χ3n) is 4.46. The summed E-state index contributed by atoms with van der Waals surface area (Å²) in [5.41, 5.74) is 0.761. The summed E-state index contributed by atoms with van der Waals surface area (Å²) >= 11 is 18.2. The first-order chi connectivity index (χ1) is 14.4. The number of amides is 2. The standard InChI is InChI=1S/C22H25Cl3N2O3/c1-3-11-26-22(29)19(4-2)27(13-15-9-10-16(23)18(25)12-15)21(28)14-30-20-8-6-5-7-17(20)24/h5-10,12,19H,3-4,11,13-14H2,1-2H3,(H,26,29). The Morgan fingerprint density at radius 2 is 1.77 bits per heavy atom. The zero-order valence-corrected chi connectivity index (χ0v) is 19.2. The summed E-state index contributed by atoms with van der Waals surface area (Å²) in [6.45, 7) is 4.32. The number of nitrogens with one attached hydrogen (secondary N) is 1. The van der Waals surface area contributed by atoms with E-state index in [9.17, 15) is 9.59 Å². The molecule has 1 atom stereocenters. The summed E-state index contributed by atoms with van der Waals surface area (Å²) in [5, 5.41) is 4.09. The lowest BCUT2D eigenvalue weighted by Crippen LogP contribution is -2.50. The van der Waals surface area contributed by atoms with E-state index in [4.69, 9.17) is 39.5 Å². The first-order valence-electron chi connectivity index (χ1n) is 9.75. The summed E-state index contributed by atoms with van der Waals surface area (Å²) in [6, 6.07) is 11.4. The Labute approximate surface area is 192 Å². The minimum Gasteiger partial charge on any atom is -0.482 e. The van der Waals surface area contributed by atoms with Crippen molar-refractivity contribution < 1.29 is 14.3 Å². The van der Waals surface area contributed by atoms with Crippen LogP contribution >= 0.6 is 34.8 Å². The predicted molar refractivity (Wildman–Crippen MR) is 121 cm³/mol. The Morgan fingerprint density at radius 1 is 1.03 bits per heavy atom. The fourth-order valence-corrected chi connectivity index (χ4v) is 3.42. The smallest absolute Gasteiger partial charge is 0.261 e. The van der Waals surface area contributed by atoms with E-state index in [2.05, 4.69) is 5.32 Å². The second-order valence-corrected chi connectivity index (χ2v) is 7.93. The number of para-hydroxylation sites is 1. The zero-order valence-electron chi connectivity index (χ0n) is 17.0. The number of halogens is 3. The van der Waals surface area contributed by atoms with Crippen LogP contribution in [0.15, 0.2) is 42.5 Å². The van der Waals surface area contributed by atoms with Crippen molar-refractivity contribution in [2.24, 2.45) is 0 Å². The fourth-order valence-electron chi connectivity index (χ4n) is 2.90. The van der Waals surface area contributed by atoms with E-state index in [-0.39, 0.29) is 25.0 Å². The molecule has 0 aliphatic rings. The van der Waals surface area contributed by atoms with E-state index >= 15 is 0 Å². The Bertz CT molecular complexity index is 876. The molecule has 0 spiro atoms. The van der Waals surface area contributed by atoms with Crippen LogP contribution in [0, 0.1) is 0 Å². The van der Waals surface area contributed by atoms with Crippen LogP contribution < -0.4 is 10.1 Å². The molecule has 0 heterocycles. The van der Waals surface area contributed by atoms with Gasteiger partial charge >= 0.3 is 0 Å². The van der Waals surface area contributed by atoms with Gasteiger partial charge in [-0.05, 0) is 42.7 Å². The highest BCUT2D eigenvalue weighted by Crippen LogP contribution is 2.25. The monoisotopic (exact) mass is 470 g/mol. The Balaban J connectivity index is 2.23. The van der Waals surface area contributed by atoms with Gasteiger partial charge in [0.15, 0.2) is 6.61 Å². The number of benzene rings is 2. The van der Waals surface area contributed by atoms with Crippen LogP contribution in [0.5, 0.6) is 5.75 Å². The second kappa shape index (κ2) is 12.0. The van der Waals surface area contributed by atoms with Gasteiger partial charge in [-0.3, -0.25) is 9.59 Å². The normalized spacial score (nSPS) is 11.6. The Morgan fingerprint density at radius 3 is 2.40 bits per heavy atom. The minimum absolute atomic E-state index is 0.194. The minimum atomic E-state index is -0.645. The average molecular weight is 472 g/mol. The van der Waals surface area contributed by atoms with Gasteiger partial charge in [-0.15, -0.1) is 0 Å². The molecule has 5 nitrogen and oxygen atoms in total. The number of carbonyl (C=O) groups is 2. The SMILES string of the molecule is CCCNC(=O)C(CC)N(Cc1ccc(Cl)c(Cl)c1)C(=O)COc1ccccc1Cl. The van der Waals surface area contributed by atoms with Gasteiger partial charge in [0.05, 0.1) is 15.1 Å². The molecule has 0 aliphatic heterocycles. The van der Waals surface area contributed by atoms with Crippen molar-refractivity contribution >= 4 is 46.6 Å². The molecule has 0 fully saturated rings. The molecule has 0 radical (unpaired) electrons. The largest absolute Gasteiger partial charge is 0.482 e. The molecule has 2 rings (SSSR count). The maximum atomic E-state index is 13.1. The Kier molecular flexibility index (Phi) is 9.76. The summed E-state index contributed by atoms with van der Waals surface area (Å²) in [4.78, 5) is 27.3. The van der Waals surface area contributed by atoms with Gasteiger partial charge in [-0.25, -0.2) is 0 Å². The number of ether oxygens (including phenoxy) is 1. The van der Waals surface area contributed by atoms with E-state index in [1.807, 2.05) is 13.8 Å². The third-order valence-corrected chi connectivity index (χ3v) is 5.51. The molecule has 2 amide bonds. The first kappa shape index (κ1) is 24.3. The van der Waals surface area contributed by atoms with Gasteiger partial charge in [-0.1, -0.05) is 66.8 Å². The molecular formula is C22H25Cl3N2O3. The molecule has 0 saturated heterocycles. The topological polar surface area (TPSA) is 58.6 Å². The number of rotatable bonds is 10. The molecule has 0 saturated carbocycles. The van der Waals surface area contributed by atoms with Crippen LogP contribution in [-0.2, 0) is 16.1 Å². The summed E-state index contributed by atoms with van der Waals surface area (Å²) in [5.74, 6) is -0.129. The van der Waals surface area contributed by atoms with Crippen molar-refractivity contribution in [3.05, 3.63) is 63.1 Å². The van der Waals surface area contributed by atoms with Gasteiger partial charge < -0.3 is 15.0 Å². The van der Waals surface area contributed by atoms with Crippen LogP contribution in [0.2, 0.25) is 15.1 Å². The van der Waals surface area contributed by atoms with Crippen LogP contribution in [0.4, 0.5) is 0 Å².